The van der Waals surface area contributed by atoms with Gasteiger partial charge in [-0.05, 0) is 36.1 Å². The van der Waals surface area contributed by atoms with Crippen molar-refractivity contribution >= 4 is 5.97 Å². The molecule has 1 atom stereocenters. The molecule has 3 rings (SSSR count). The quantitative estimate of drug-likeness (QED) is 0.916. The van der Waals surface area contributed by atoms with Crippen LogP contribution in [0.3, 0.4) is 0 Å². The average Bonchev–Trinajstić information content (AvgIpc) is 2.78. The number of carboxylic acid groups (broad SMARTS) is 1. The molecule has 0 spiro atoms. The predicted molar refractivity (Wildman–Crippen MR) is 71.0 cm³/mol. The summed E-state index contributed by atoms with van der Waals surface area (Å²) in [7, 11) is 0. The number of fused-ring (bicyclic) bond motifs is 1. The molecule has 2 aliphatic rings. The Bertz CT molecular complexity index is 528. The van der Waals surface area contributed by atoms with Crippen molar-refractivity contribution in [3.05, 3.63) is 35.1 Å². The molecule has 0 saturated carbocycles. The van der Waals surface area contributed by atoms with Gasteiger partial charge in [-0.15, -0.1) is 0 Å². The van der Waals surface area contributed by atoms with Crippen molar-refractivity contribution in [1.29, 1.82) is 0 Å². The van der Waals surface area contributed by atoms with Gasteiger partial charge in [-0.2, -0.15) is 0 Å². The number of carboxylic acids is 1. The number of carbonyl (C=O) groups is 1. The third-order valence-electron chi connectivity index (χ3n) is 4.44. The van der Waals surface area contributed by atoms with Crippen molar-refractivity contribution in [1.82, 2.24) is 4.90 Å². The molecule has 20 heavy (non-hydrogen) atoms. The van der Waals surface area contributed by atoms with Gasteiger partial charge in [0.15, 0.2) is 0 Å². The van der Waals surface area contributed by atoms with E-state index in [-0.39, 0.29) is 12.2 Å². The van der Waals surface area contributed by atoms with Gasteiger partial charge in [-0.3, -0.25) is 9.69 Å². The van der Waals surface area contributed by atoms with Crippen LogP contribution < -0.4 is 0 Å². The topological polar surface area (TPSA) is 49.8 Å². The zero-order chi connectivity index (χ0) is 14.2. The lowest BCUT2D eigenvalue weighted by molar-refractivity contribution is -0.142. The molecule has 1 N–H and O–H groups in total. The Morgan fingerprint density at radius 3 is 2.85 bits per heavy atom. The molecule has 0 radical (unpaired) electrons. The number of aryl methyl sites for hydroxylation is 1. The van der Waals surface area contributed by atoms with Gasteiger partial charge in [-0.25, -0.2) is 4.39 Å². The van der Waals surface area contributed by atoms with Gasteiger partial charge in [0.1, 0.15) is 5.82 Å². The minimum absolute atomic E-state index is 0.0611. The van der Waals surface area contributed by atoms with E-state index in [1.54, 1.807) is 12.1 Å². The second kappa shape index (κ2) is 5.14. The fraction of sp³-hybridized carbons (Fsp3) is 0.533. The monoisotopic (exact) mass is 279 g/mol. The smallest absolute Gasteiger partial charge is 0.305 e. The molecule has 0 aromatic heterocycles. The molecule has 4 nitrogen and oxygen atoms in total. The van der Waals surface area contributed by atoms with Crippen LogP contribution in [0.25, 0.3) is 0 Å². The highest BCUT2D eigenvalue weighted by Crippen LogP contribution is 2.44. The van der Waals surface area contributed by atoms with Crippen molar-refractivity contribution in [2.45, 2.75) is 24.8 Å². The number of nitrogens with zero attached hydrogens (tertiary/aromatic N) is 1. The molecule has 0 bridgehead atoms. The number of ether oxygens (including phenoxy) is 1. The van der Waals surface area contributed by atoms with Crippen molar-refractivity contribution in [2.24, 2.45) is 0 Å². The summed E-state index contributed by atoms with van der Waals surface area (Å²) in [5.74, 6) is -1.06. The van der Waals surface area contributed by atoms with E-state index in [0.717, 1.165) is 37.1 Å². The van der Waals surface area contributed by atoms with Crippen LogP contribution in [0, 0.1) is 5.82 Å². The lowest BCUT2D eigenvalue weighted by Gasteiger charge is -2.43. The molecular formula is C15H18FNO3. The highest BCUT2D eigenvalue weighted by Gasteiger charge is 2.45. The van der Waals surface area contributed by atoms with E-state index >= 15 is 0 Å². The molecule has 1 aliphatic carbocycles. The van der Waals surface area contributed by atoms with Gasteiger partial charge >= 0.3 is 5.97 Å². The first kappa shape index (κ1) is 13.5. The number of aliphatic carboxylic acids is 1. The zero-order valence-electron chi connectivity index (χ0n) is 11.3. The first-order chi connectivity index (χ1) is 9.62. The Morgan fingerprint density at radius 1 is 1.40 bits per heavy atom. The first-order valence-corrected chi connectivity index (χ1v) is 6.95. The molecule has 1 fully saturated rings. The van der Waals surface area contributed by atoms with Gasteiger partial charge in [0, 0.05) is 13.1 Å². The number of hydrogen-bond acceptors (Lipinski definition) is 3. The van der Waals surface area contributed by atoms with E-state index in [1.807, 2.05) is 0 Å². The van der Waals surface area contributed by atoms with Crippen LogP contribution in [0.2, 0.25) is 0 Å². The molecule has 1 aliphatic heterocycles. The van der Waals surface area contributed by atoms with Crippen molar-refractivity contribution in [3.63, 3.8) is 0 Å². The van der Waals surface area contributed by atoms with Crippen molar-refractivity contribution in [2.75, 3.05) is 26.3 Å². The van der Waals surface area contributed by atoms with Crippen LogP contribution in [0.15, 0.2) is 18.2 Å². The number of benzene rings is 1. The van der Waals surface area contributed by atoms with Gasteiger partial charge in [0.05, 0.1) is 25.2 Å². The Kier molecular flexibility index (Phi) is 3.48. The molecule has 1 saturated heterocycles. The molecule has 108 valence electrons. The number of hydrogen-bond donors (Lipinski definition) is 1. The number of halogens is 1. The summed E-state index contributed by atoms with van der Waals surface area (Å²) in [6.45, 7) is 2.70. The van der Waals surface area contributed by atoms with E-state index in [9.17, 15) is 14.3 Å². The minimum Gasteiger partial charge on any atom is -0.481 e. The third-order valence-corrected chi connectivity index (χ3v) is 4.44. The molecule has 1 heterocycles. The fourth-order valence-electron chi connectivity index (χ4n) is 3.56. The summed E-state index contributed by atoms with van der Waals surface area (Å²) in [4.78, 5) is 13.6. The normalized spacial score (nSPS) is 26.4. The second-order valence-electron chi connectivity index (χ2n) is 5.50. The standard InChI is InChI=1S/C15H18FNO3/c16-12-1-2-13-11(9-12)3-4-15(13,10-14(18)19)17-5-7-20-8-6-17/h1-2,9H,3-8,10H2,(H,18,19). The van der Waals surface area contributed by atoms with Crippen molar-refractivity contribution < 1.29 is 19.0 Å². The van der Waals surface area contributed by atoms with Gasteiger partial charge in [0.25, 0.3) is 0 Å². The molecule has 0 amide bonds. The van der Waals surface area contributed by atoms with E-state index in [0.29, 0.717) is 13.2 Å². The SMILES string of the molecule is O=C(O)CC1(N2CCOCC2)CCc2cc(F)ccc21. The van der Waals surface area contributed by atoms with E-state index in [1.165, 1.54) is 6.07 Å². The summed E-state index contributed by atoms with van der Waals surface area (Å²) in [5.41, 5.74) is 1.42. The zero-order valence-corrected chi connectivity index (χ0v) is 11.3. The molecular weight excluding hydrogens is 261 g/mol. The first-order valence-electron chi connectivity index (χ1n) is 6.95. The maximum Gasteiger partial charge on any atom is 0.305 e. The Hall–Kier alpha value is -1.46. The summed E-state index contributed by atoms with van der Waals surface area (Å²) >= 11 is 0. The maximum absolute atomic E-state index is 13.4. The predicted octanol–water partition coefficient (Wildman–Crippen LogP) is 1.77. The minimum atomic E-state index is -0.811. The van der Waals surface area contributed by atoms with Crippen LogP contribution in [-0.2, 0) is 21.5 Å². The summed E-state index contributed by atoms with van der Waals surface area (Å²) in [6.07, 6.45) is 1.53. The van der Waals surface area contributed by atoms with Gasteiger partial charge in [0.2, 0.25) is 0 Å². The summed E-state index contributed by atoms with van der Waals surface area (Å²) in [6, 6.07) is 4.73. The Labute approximate surface area is 117 Å². The van der Waals surface area contributed by atoms with Crippen LogP contribution in [-0.4, -0.2) is 42.3 Å². The summed E-state index contributed by atoms with van der Waals surface area (Å²) in [5, 5.41) is 9.32. The second-order valence-corrected chi connectivity index (χ2v) is 5.50. The molecule has 1 unspecified atom stereocenters. The molecule has 5 heteroatoms. The molecule has 1 aromatic rings. The van der Waals surface area contributed by atoms with Gasteiger partial charge in [-0.1, -0.05) is 6.07 Å². The summed E-state index contributed by atoms with van der Waals surface area (Å²) < 4.78 is 18.7. The van der Waals surface area contributed by atoms with Crippen molar-refractivity contribution in [3.8, 4) is 0 Å². The highest BCUT2D eigenvalue weighted by molar-refractivity contribution is 5.69. The number of rotatable bonds is 3. The van der Waals surface area contributed by atoms with Crippen LogP contribution in [0.4, 0.5) is 4.39 Å². The fourth-order valence-corrected chi connectivity index (χ4v) is 3.56. The largest absolute Gasteiger partial charge is 0.481 e. The number of morpholine rings is 1. The maximum atomic E-state index is 13.4. The van der Waals surface area contributed by atoms with Crippen LogP contribution in [0.1, 0.15) is 24.0 Å². The molecule has 1 aromatic carbocycles. The lowest BCUT2D eigenvalue weighted by atomic mass is 9.85. The van der Waals surface area contributed by atoms with E-state index in [4.69, 9.17) is 4.74 Å². The van der Waals surface area contributed by atoms with E-state index < -0.39 is 11.5 Å². The van der Waals surface area contributed by atoms with E-state index in [2.05, 4.69) is 4.90 Å². The third kappa shape index (κ3) is 2.21. The lowest BCUT2D eigenvalue weighted by Crippen LogP contribution is -2.51. The highest BCUT2D eigenvalue weighted by atomic mass is 19.1. The Morgan fingerprint density at radius 2 is 2.15 bits per heavy atom. The average molecular weight is 279 g/mol. The van der Waals surface area contributed by atoms with Crippen LogP contribution in [0.5, 0.6) is 0 Å². The van der Waals surface area contributed by atoms with Gasteiger partial charge < -0.3 is 9.84 Å². The Balaban J connectivity index is 2.02. The van der Waals surface area contributed by atoms with Crippen LogP contribution >= 0.6 is 0 Å².